The topological polar surface area (TPSA) is 39.3 Å². The molecule has 28 heavy (non-hydrogen) atoms. The number of aromatic nitrogens is 1. The smallest absolute Gasteiger partial charge is 0.125 e. The number of hydrogen-bond donors (Lipinski definition) is 2. The fraction of sp³-hybridized carbons (Fsp3) is 0.360. The lowest BCUT2D eigenvalue weighted by atomic mass is 9.84. The molecule has 2 heterocycles. The van der Waals surface area contributed by atoms with Gasteiger partial charge in [0, 0.05) is 29.7 Å². The van der Waals surface area contributed by atoms with Crippen LogP contribution in [0.15, 0.2) is 54.6 Å². The van der Waals surface area contributed by atoms with Crippen LogP contribution in [0.4, 0.5) is 0 Å². The highest BCUT2D eigenvalue weighted by Gasteiger charge is 2.24. The van der Waals surface area contributed by atoms with Crippen molar-refractivity contribution in [3.8, 4) is 5.75 Å². The van der Waals surface area contributed by atoms with Crippen LogP contribution in [0, 0.1) is 5.92 Å². The molecule has 3 nitrogen and oxygen atoms in total. The molecule has 0 saturated carbocycles. The second kappa shape index (κ2) is 7.48. The van der Waals surface area contributed by atoms with E-state index in [9.17, 15) is 5.11 Å². The molecule has 1 aromatic heterocycles. The van der Waals surface area contributed by atoms with Crippen molar-refractivity contribution in [3.05, 3.63) is 71.4 Å². The highest BCUT2D eigenvalue weighted by molar-refractivity contribution is 5.90. The lowest BCUT2D eigenvalue weighted by molar-refractivity contribution is 0.265. The molecule has 1 aliphatic heterocycles. The van der Waals surface area contributed by atoms with Gasteiger partial charge in [-0.05, 0) is 73.4 Å². The number of nitrogens with one attached hydrogen (secondary N) is 1. The lowest BCUT2D eigenvalue weighted by Gasteiger charge is -2.29. The van der Waals surface area contributed by atoms with Gasteiger partial charge in [-0.1, -0.05) is 42.5 Å². The van der Waals surface area contributed by atoms with Gasteiger partial charge in [-0.15, -0.1) is 0 Å². The summed E-state index contributed by atoms with van der Waals surface area (Å²) in [7, 11) is 0. The van der Waals surface area contributed by atoms with Gasteiger partial charge < -0.3 is 10.1 Å². The molecule has 1 atom stereocenters. The average Bonchev–Trinajstić information content (AvgIpc) is 3.12. The fourth-order valence-electron chi connectivity index (χ4n) is 4.97. The van der Waals surface area contributed by atoms with E-state index in [0.29, 0.717) is 11.7 Å². The summed E-state index contributed by atoms with van der Waals surface area (Å²) >= 11 is 0. The molecule has 0 fully saturated rings. The van der Waals surface area contributed by atoms with Crippen LogP contribution in [0.1, 0.15) is 36.1 Å². The Morgan fingerprint density at radius 1 is 1.04 bits per heavy atom. The predicted octanol–water partition coefficient (Wildman–Crippen LogP) is 5.16. The molecule has 3 heteroatoms. The zero-order valence-corrected chi connectivity index (χ0v) is 16.3. The maximum Gasteiger partial charge on any atom is 0.125 e. The summed E-state index contributed by atoms with van der Waals surface area (Å²) < 4.78 is 0. The first-order valence-electron chi connectivity index (χ1n) is 10.6. The average molecular weight is 373 g/mol. The quantitative estimate of drug-likeness (QED) is 0.664. The Morgan fingerprint density at radius 2 is 1.93 bits per heavy atom. The molecule has 1 unspecified atom stereocenters. The number of benzene rings is 2. The molecule has 144 valence electrons. The number of H-pyrrole nitrogens is 1. The van der Waals surface area contributed by atoms with E-state index in [1.54, 1.807) is 0 Å². The van der Waals surface area contributed by atoms with Crippen LogP contribution in [-0.2, 0) is 12.8 Å². The van der Waals surface area contributed by atoms with E-state index in [-0.39, 0.29) is 0 Å². The van der Waals surface area contributed by atoms with Crippen LogP contribution in [0.25, 0.3) is 16.5 Å². The molecule has 0 saturated heterocycles. The van der Waals surface area contributed by atoms with Crippen molar-refractivity contribution in [2.45, 2.75) is 32.1 Å². The van der Waals surface area contributed by atoms with Gasteiger partial charge >= 0.3 is 0 Å². The number of phenols is 1. The third-order valence-electron chi connectivity index (χ3n) is 6.58. The number of aromatic amines is 1. The van der Waals surface area contributed by atoms with Crippen LogP contribution < -0.4 is 0 Å². The van der Waals surface area contributed by atoms with Gasteiger partial charge in [-0.2, -0.15) is 0 Å². The number of nitrogens with zero attached hydrogens (tertiary/aromatic N) is 1. The third kappa shape index (κ3) is 3.35. The van der Waals surface area contributed by atoms with Crippen molar-refractivity contribution in [1.29, 1.82) is 0 Å². The Hall–Kier alpha value is -2.52. The van der Waals surface area contributed by atoms with Crippen LogP contribution >= 0.6 is 0 Å². The van der Waals surface area contributed by atoms with Crippen LogP contribution in [0.3, 0.4) is 0 Å². The Morgan fingerprint density at radius 3 is 2.75 bits per heavy atom. The summed E-state index contributed by atoms with van der Waals surface area (Å²) in [6, 6.07) is 16.6. The van der Waals surface area contributed by atoms with E-state index in [2.05, 4.69) is 52.4 Å². The SMILES string of the molecule is Oc1cccc2[nH]c3c(c12)CC(CCN1CC=C(c2ccccc2)CC1)CC3. The van der Waals surface area contributed by atoms with Gasteiger partial charge in [-0.25, -0.2) is 0 Å². The van der Waals surface area contributed by atoms with E-state index in [4.69, 9.17) is 0 Å². The van der Waals surface area contributed by atoms with E-state index in [0.717, 1.165) is 43.3 Å². The molecule has 1 aliphatic carbocycles. The standard InChI is InChI=1S/C25H28N2O/c28-24-8-4-7-23-25(24)21-17-18(9-10-22(21)26-23)11-14-27-15-12-20(13-16-27)19-5-2-1-3-6-19/h1-8,12,18,26,28H,9-11,13-17H2. The molecular weight excluding hydrogens is 344 g/mol. The summed E-state index contributed by atoms with van der Waals surface area (Å²) in [6.07, 6.45) is 8.25. The van der Waals surface area contributed by atoms with Crippen LogP contribution in [-0.4, -0.2) is 34.6 Å². The van der Waals surface area contributed by atoms with Gasteiger partial charge in [0.05, 0.1) is 0 Å². The molecule has 0 radical (unpaired) electrons. The maximum absolute atomic E-state index is 10.3. The van der Waals surface area contributed by atoms with Gasteiger partial charge in [0.1, 0.15) is 5.75 Å². The van der Waals surface area contributed by atoms with Crippen molar-refractivity contribution >= 4 is 16.5 Å². The van der Waals surface area contributed by atoms with E-state index in [1.807, 2.05) is 12.1 Å². The summed E-state index contributed by atoms with van der Waals surface area (Å²) in [4.78, 5) is 6.12. The number of aryl methyl sites for hydroxylation is 1. The molecule has 0 spiro atoms. The molecule has 5 rings (SSSR count). The van der Waals surface area contributed by atoms with E-state index in [1.165, 1.54) is 41.8 Å². The van der Waals surface area contributed by atoms with Crippen molar-refractivity contribution in [1.82, 2.24) is 9.88 Å². The zero-order valence-electron chi connectivity index (χ0n) is 16.3. The first-order valence-corrected chi connectivity index (χ1v) is 10.6. The number of hydrogen-bond acceptors (Lipinski definition) is 2. The lowest BCUT2D eigenvalue weighted by Crippen LogP contribution is -2.31. The fourth-order valence-corrected chi connectivity index (χ4v) is 4.97. The van der Waals surface area contributed by atoms with E-state index >= 15 is 0 Å². The molecule has 2 N–H and O–H groups in total. The largest absolute Gasteiger partial charge is 0.507 e. The van der Waals surface area contributed by atoms with Gasteiger partial charge in [-0.3, -0.25) is 4.90 Å². The summed E-state index contributed by atoms with van der Waals surface area (Å²) in [5.74, 6) is 1.14. The molecule has 0 amide bonds. The Bertz CT molecular complexity index is 1000. The van der Waals surface area contributed by atoms with Crippen molar-refractivity contribution in [2.75, 3.05) is 19.6 Å². The second-order valence-corrected chi connectivity index (χ2v) is 8.33. The van der Waals surface area contributed by atoms with Crippen molar-refractivity contribution < 1.29 is 5.11 Å². The summed E-state index contributed by atoms with van der Waals surface area (Å²) in [5.41, 5.74) is 6.64. The molecule has 2 aliphatic rings. The molecule has 0 bridgehead atoms. The van der Waals surface area contributed by atoms with Gasteiger partial charge in [0.15, 0.2) is 0 Å². The van der Waals surface area contributed by atoms with Crippen molar-refractivity contribution in [2.24, 2.45) is 5.92 Å². The minimum absolute atomic E-state index is 0.422. The predicted molar refractivity (Wildman–Crippen MR) is 116 cm³/mol. The normalized spacial score (nSPS) is 20.1. The molecular formula is C25H28N2O. The number of rotatable bonds is 4. The van der Waals surface area contributed by atoms with Gasteiger partial charge in [0.2, 0.25) is 0 Å². The highest BCUT2D eigenvalue weighted by atomic mass is 16.3. The number of phenolic OH excluding ortho intramolecular Hbond substituents is 1. The maximum atomic E-state index is 10.3. The first kappa shape index (κ1) is 17.6. The number of aromatic hydroxyl groups is 1. The van der Waals surface area contributed by atoms with Crippen molar-refractivity contribution in [3.63, 3.8) is 0 Å². The summed E-state index contributed by atoms with van der Waals surface area (Å²) in [5, 5.41) is 11.4. The Labute approximate surface area is 166 Å². The minimum atomic E-state index is 0.422. The monoisotopic (exact) mass is 372 g/mol. The molecule has 3 aromatic rings. The zero-order chi connectivity index (χ0) is 18.9. The third-order valence-corrected chi connectivity index (χ3v) is 6.58. The number of fused-ring (bicyclic) bond motifs is 3. The van der Waals surface area contributed by atoms with E-state index < -0.39 is 0 Å². The first-order chi connectivity index (χ1) is 13.8. The van der Waals surface area contributed by atoms with Gasteiger partial charge in [0.25, 0.3) is 0 Å². The van der Waals surface area contributed by atoms with Crippen LogP contribution in [0.5, 0.6) is 5.75 Å². The molecule has 2 aromatic carbocycles. The van der Waals surface area contributed by atoms with Crippen LogP contribution in [0.2, 0.25) is 0 Å². The summed E-state index contributed by atoms with van der Waals surface area (Å²) in [6.45, 7) is 3.40. The minimum Gasteiger partial charge on any atom is -0.507 e. The highest BCUT2D eigenvalue weighted by Crippen LogP contribution is 2.37. The Balaban J connectivity index is 1.21. The Kier molecular flexibility index (Phi) is 4.69. The second-order valence-electron chi connectivity index (χ2n) is 8.33.